The summed E-state index contributed by atoms with van der Waals surface area (Å²) < 4.78 is 31.9. The molecule has 0 saturated carbocycles. The number of alkyl carbamates (subject to hydrolysis) is 1. The van der Waals surface area contributed by atoms with Crippen LogP contribution in [0.2, 0.25) is 0 Å². The molecular weight excluding hydrogens is 270 g/mol. The van der Waals surface area contributed by atoms with Crippen molar-refractivity contribution in [3.63, 3.8) is 0 Å². The molecule has 114 valence electrons. The highest BCUT2D eigenvalue weighted by atomic mass is 32.2. The molecule has 1 amide bonds. The lowest BCUT2D eigenvalue weighted by Crippen LogP contribution is -2.48. The summed E-state index contributed by atoms with van der Waals surface area (Å²) in [5, 5.41) is 2.64. The molecule has 0 heterocycles. The second-order valence-corrected chi connectivity index (χ2v) is 8.20. The third kappa shape index (κ3) is 9.72. The minimum absolute atomic E-state index is 0.123. The van der Waals surface area contributed by atoms with Gasteiger partial charge in [-0.05, 0) is 26.2 Å². The molecule has 1 N–H and O–H groups in total. The van der Waals surface area contributed by atoms with Crippen molar-refractivity contribution in [2.45, 2.75) is 53.2 Å². The quantitative estimate of drug-likeness (QED) is 0.801. The molecular formula is C12H25NO5S. The molecule has 1 unspecified atom stereocenters. The largest absolute Gasteiger partial charge is 0.444 e. The summed E-state index contributed by atoms with van der Waals surface area (Å²) in [6, 6.07) is -0.475. The van der Waals surface area contributed by atoms with E-state index in [9.17, 15) is 13.2 Å². The molecule has 0 aliphatic heterocycles. The lowest BCUT2D eigenvalue weighted by atomic mass is 9.87. The van der Waals surface area contributed by atoms with Crippen LogP contribution in [0.1, 0.15) is 41.5 Å². The Morgan fingerprint density at radius 2 is 1.63 bits per heavy atom. The van der Waals surface area contributed by atoms with E-state index in [-0.39, 0.29) is 12.0 Å². The smallest absolute Gasteiger partial charge is 0.407 e. The fourth-order valence-electron chi connectivity index (χ4n) is 1.15. The number of carbonyl (C=O) groups excluding carboxylic acids is 1. The maximum atomic E-state index is 11.7. The summed E-state index contributed by atoms with van der Waals surface area (Å²) in [4.78, 5) is 11.7. The maximum absolute atomic E-state index is 11.7. The van der Waals surface area contributed by atoms with Gasteiger partial charge in [0.15, 0.2) is 0 Å². The van der Waals surface area contributed by atoms with Gasteiger partial charge in [-0.2, -0.15) is 8.42 Å². The van der Waals surface area contributed by atoms with Gasteiger partial charge in [0.2, 0.25) is 0 Å². The van der Waals surface area contributed by atoms with Gasteiger partial charge in [0, 0.05) is 0 Å². The van der Waals surface area contributed by atoms with Crippen LogP contribution in [-0.2, 0) is 19.0 Å². The highest BCUT2D eigenvalue weighted by molar-refractivity contribution is 7.85. The molecule has 6 nitrogen and oxygen atoms in total. The standard InChI is InChI=1S/C12H25NO5S/c1-11(2,3)9(8-17-19(7,15)16)13-10(14)18-12(4,5)6/h9H,8H2,1-7H3,(H,13,14). The molecule has 7 heteroatoms. The van der Waals surface area contributed by atoms with Crippen molar-refractivity contribution in [1.82, 2.24) is 5.32 Å². The minimum Gasteiger partial charge on any atom is -0.444 e. The number of carbonyl (C=O) groups is 1. The Balaban J connectivity index is 4.67. The Morgan fingerprint density at radius 3 is 1.95 bits per heavy atom. The van der Waals surface area contributed by atoms with Gasteiger partial charge in [-0.25, -0.2) is 4.79 Å². The van der Waals surface area contributed by atoms with E-state index >= 15 is 0 Å². The summed E-state index contributed by atoms with van der Waals surface area (Å²) in [6.45, 7) is 10.8. The van der Waals surface area contributed by atoms with Gasteiger partial charge in [-0.1, -0.05) is 20.8 Å². The van der Waals surface area contributed by atoms with Crippen molar-refractivity contribution in [2.24, 2.45) is 5.41 Å². The molecule has 0 aromatic carbocycles. The van der Waals surface area contributed by atoms with Gasteiger partial charge in [0.25, 0.3) is 10.1 Å². The molecule has 0 radical (unpaired) electrons. The zero-order chi connectivity index (χ0) is 15.5. The van der Waals surface area contributed by atoms with Crippen LogP contribution in [0.5, 0.6) is 0 Å². The number of nitrogens with one attached hydrogen (secondary N) is 1. The van der Waals surface area contributed by atoms with Crippen molar-refractivity contribution >= 4 is 16.2 Å². The van der Waals surface area contributed by atoms with E-state index < -0.39 is 27.9 Å². The van der Waals surface area contributed by atoms with Crippen molar-refractivity contribution in [2.75, 3.05) is 12.9 Å². The van der Waals surface area contributed by atoms with E-state index in [0.29, 0.717) is 0 Å². The van der Waals surface area contributed by atoms with Gasteiger partial charge in [0.1, 0.15) is 5.60 Å². The zero-order valence-electron chi connectivity index (χ0n) is 12.7. The number of ether oxygens (including phenoxy) is 1. The minimum atomic E-state index is -3.54. The molecule has 0 aromatic rings. The summed E-state index contributed by atoms with van der Waals surface area (Å²) in [5.41, 5.74) is -0.966. The van der Waals surface area contributed by atoms with Crippen molar-refractivity contribution < 1.29 is 22.1 Å². The lowest BCUT2D eigenvalue weighted by Gasteiger charge is -2.31. The van der Waals surface area contributed by atoms with E-state index in [4.69, 9.17) is 8.92 Å². The van der Waals surface area contributed by atoms with E-state index in [1.54, 1.807) is 20.8 Å². The first-order valence-corrected chi connectivity index (χ1v) is 7.86. The summed E-state index contributed by atoms with van der Waals surface area (Å²) in [7, 11) is -3.54. The van der Waals surface area contributed by atoms with Crippen molar-refractivity contribution in [1.29, 1.82) is 0 Å². The lowest BCUT2D eigenvalue weighted by molar-refractivity contribution is 0.0432. The van der Waals surface area contributed by atoms with Crippen LogP contribution in [0.3, 0.4) is 0 Å². The number of amides is 1. The molecule has 0 saturated heterocycles. The fourth-order valence-corrected chi connectivity index (χ4v) is 1.53. The van der Waals surface area contributed by atoms with E-state index in [0.717, 1.165) is 6.26 Å². The SMILES string of the molecule is CC(C)(C)OC(=O)NC(COS(C)(=O)=O)C(C)(C)C. The maximum Gasteiger partial charge on any atom is 0.407 e. The normalized spacial score (nSPS) is 14.9. The second-order valence-electron chi connectivity index (χ2n) is 6.55. The average Bonchev–Trinajstić information content (AvgIpc) is 2.05. The molecule has 0 fully saturated rings. The number of hydrogen-bond donors (Lipinski definition) is 1. The first-order chi connectivity index (χ1) is 8.21. The Hall–Kier alpha value is -0.820. The predicted molar refractivity (Wildman–Crippen MR) is 73.4 cm³/mol. The van der Waals surface area contributed by atoms with Gasteiger partial charge in [0.05, 0.1) is 18.9 Å². The summed E-state index contributed by atoms with van der Waals surface area (Å²) >= 11 is 0. The third-order valence-electron chi connectivity index (χ3n) is 2.19. The van der Waals surface area contributed by atoms with Crippen LogP contribution >= 0.6 is 0 Å². The van der Waals surface area contributed by atoms with Crippen LogP contribution in [-0.4, -0.2) is 39.0 Å². The van der Waals surface area contributed by atoms with Gasteiger partial charge in [-0.15, -0.1) is 0 Å². The molecule has 0 rings (SSSR count). The highest BCUT2D eigenvalue weighted by Gasteiger charge is 2.29. The Labute approximate surface area is 116 Å². The first-order valence-electron chi connectivity index (χ1n) is 6.04. The molecule has 0 aliphatic carbocycles. The molecule has 0 aromatic heterocycles. The van der Waals surface area contributed by atoms with Crippen LogP contribution in [0, 0.1) is 5.41 Å². The third-order valence-corrected chi connectivity index (χ3v) is 2.75. The monoisotopic (exact) mass is 295 g/mol. The van der Waals surface area contributed by atoms with E-state index in [1.807, 2.05) is 20.8 Å². The van der Waals surface area contributed by atoms with Crippen molar-refractivity contribution in [3.8, 4) is 0 Å². The number of rotatable bonds is 4. The van der Waals surface area contributed by atoms with Gasteiger partial charge in [-0.3, -0.25) is 4.18 Å². The summed E-state index contributed by atoms with van der Waals surface area (Å²) in [6.07, 6.45) is 0.379. The molecule has 0 spiro atoms. The van der Waals surface area contributed by atoms with E-state index in [2.05, 4.69) is 5.32 Å². The average molecular weight is 295 g/mol. The fraction of sp³-hybridized carbons (Fsp3) is 0.917. The number of hydrogen-bond acceptors (Lipinski definition) is 5. The zero-order valence-corrected chi connectivity index (χ0v) is 13.6. The Kier molecular flexibility index (Phi) is 5.83. The highest BCUT2D eigenvalue weighted by Crippen LogP contribution is 2.20. The first kappa shape index (κ1) is 18.2. The van der Waals surface area contributed by atoms with Crippen LogP contribution in [0.25, 0.3) is 0 Å². The molecule has 0 bridgehead atoms. The predicted octanol–water partition coefficient (Wildman–Crippen LogP) is 1.90. The van der Waals surface area contributed by atoms with E-state index in [1.165, 1.54) is 0 Å². The van der Waals surface area contributed by atoms with Crippen LogP contribution in [0.4, 0.5) is 4.79 Å². The Morgan fingerprint density at radius 1 is 1.16 bits per heavy atom. The van der Waals surface area contributed by atoms with Gasteiger partial charge >= 0.3 is 6.09 Å². The summed E-state index contributed by atoms with van der Waals surface area (Å²) in [5.74, 6) is 0. The Bertz CT molecular complexity index is 403. The van der Waals surface area contributed by atoms with Gasteiger partial charge < -0.3 is 10.1 Å². The van der Waals surface area contributed by atoms with Crippen LogP contribution in [0.15, 0.2) is 0 Å². The van der Waals surface area contributed by atoms with Crippen LogP contribution < -0.4 is 5.32 Å². The second kappa shape index (κ2) is 6.09. The molecule has 0 aliphatic rings. The molecule has 19 heavy (non-hydrogen) atoms. The topological polar surface area (TPSA) is 81.7 Å². The van der Waals surface area contributed by atoms with Crippen molar-refractivity contribution in [3.05, 3.63) is 0 Å². The molecule has 1 atom stereocenters.